The normalized spacial score (nSPS) is 29.7. The molecule has 3 heterocycles. The quantitative estimate of drug-likeness (QED) is 0.854. The van der Waals surface area contributed by atoms with Crippen molar-refractivity contribution in [2.75, 3.05) is 18.8 Å². The lowest BCUT2D eigenvalue weighted by molar-refractivity contribution is 0.0602. The van der Waals surface area contributed by atoms with Crippen LogP contribution in [0.15, 0.2) is 24.5 Å². The zero-order valence-electron chi connectivity index (χ0n) is 11.8. The van der Waals surface area contributed by atoms with Gasteiger partial charge in [0.1, 0.15) is 11.9 Å². The topological polar surface area (TPSA) is 25.4 Å². The van der Waals surface area contributed by atoms with E-state index in [2.05, 4.69) is 21.6 Å². The molecular formula is C16H22N2OS. The summed E-state index contributed by atoms with van der Waals surface area (Å²) < 4.78 is 6.56. The van der Waals surface area contributed by atoms with Gasteiger partial charge in [0.05, 0.1) is 6.20 Å². The maximum atomic E-state index is 6.07. The molecular weight excluding hydrogens is 268 g/mol. The van der Waals surface area contributed by atoms with E-state index in [-0.39, 0.29) is 0 Å². The summed E-state index contributed by atoms with van der Waals surface area (Å²) in [6.45, 7) is 2.57. The maximum absolute atomic E-state index is 6.07. The molecule has 1 aliphatic carbocycles. The number of aromatic nitrogens is 1. The van der Waals surface area contributed by atoms with Crippen LogP contribution in [0, 0.1) is 0 Å². The van der Waals surface area contributed by atoms with Crippen molar-refractivity contribution in [3.8, 4) is 5.75 Å². The van der Waals surface area contributed by atoms with Gasteiger partial charge >= 0.3 is 0 Å². The van der Waals surface area contributed by atoms with E-state index in [1.165, 1.54) is 45.2 Å². The van der Waals surface area contributed by atoms with Crippen LogP contribution >= 0.6 is 11.8 Å². The highest BCUT2D eigenvalue weighted by atomic mass is 32.2. The molecule has 2 aliphatic heterocycles. The lowest BCUT2D eigenvalue weighted by Crippen LogP contribution is -2.61. The third kappa shape index (κ3) is 2.44. The van der Waals surface area contributed by atoms with Crippen LogP contribution in [0.3, 0.4) is 0 Å². The van der Waals surface area contributed by atoms with Gasteiger partial charge in [-0.1, -0.05) is 12.8 Å². The molecule has 1 aromatic heterocycles. The van der Waals surface area contributed by atoms with Crippen LogP contribution in [-0.4, -0.2) is 45.6 Å². The highest BCUT2D eigenvalue weighted by Crippen LogP contribution is 2.47. The van der Waals surface area contributed by atoms with Gasteiger partial charge in [-0.05, 0) is 25.0 Å². The zero-order chi connectivity index (χ0) is 13.4. The number of pyridine rings is 1. The van der Waals surface area contributed by atoms with Crippen molar-refractivity contribution < 1.29 is 4.74 Å². The summed E-state index contributed by atoms with van der Waals surface area (Å²) in [6.07, 6.45) is 10.9. The largest absolute Gasteiger partial charge is 0.488 e. The third-order valence-electron chi connectivity index (χ3n) is 4.94. The number of nitrogens with zero attached hydrogens (tertiary/aromatic N) is 2. The molecule has 20 heavy (non-hydrogen) atoms. The first kappa shape index (κ1) is 13.0. The molecule has 1 aromatic rings. The van der Waals surface area contributed by atoms with Crippen LogP contribution in [0.2, 0.25) is 0 Å². The Hall–Kier alpha value is -0.740. The van der Waals surface area contributed by atoms with E-state index in [0.29, 0.717) is 10.9 Å². The summed E-state index contributed by atoms with van der Waals surface area (Å²) in [5.74, 6) is 2.05. The van der Waals surface area contributed by atoms with Crippen LogP contribution in [0.5, 0.6) is 5.75 Å². The Balaban J connectivity index is 1.31. The summed E-state index contributed by atoms with van der Waals surface area (Å²) >= 11 is 2.13. The Labute approximate surface area is 125 Å². The van der Waals surface area contributed by atoms with E-state index >= 15 is 0 Å². The average Bonchev–Trinajstić information content (AvgIpc) is 3.07. The van der Waals surface area contributed by atoms with Crippen molar-refractivity contribution in [1.29, 1.82) is 0 Å². The Morgan fingerprint density at radius 2 is 2.15 bits per heavy atom. The van der Waals surface area contributed by atoms with Gasteiger partial charge in [-0.2, -0.15) is 0 Å². The Morgan fingerprint density at radius 3 is 2.90 bits per heavy atom. The predicted octanol–water partition coefficient (Wildman–Crippen LogP) is 2.96. The molecule has 3 nitrogen and oxygen atoms in total. The SMILES string of the molecule is c1cncc(O[C@@H]2CSC3(C2)CN(C2CCCC2)C3)c1. The number of hydrogen-bond donors (Lipinski definition) is 0. The molecule has 0 aromatic carbocycles. The molecule has 0 N–H and O–H groups in total. The van der Waals surface area contributed by atoms with E-state index in [1.807, 2.05) is 18.3 Å². The number of likely N-dealkylation sites (tertiary alicyclic amines) is 1. The van der Waals surface area contributed by atoms with E-state index in [1.54, 1.807) is 6.20 Å². The summed E-state index contributed by atoms with van der Waals surface area (Å²) in [5, 5.41) is 0. The molecule has 3 aliphatic rings. The molecule has 108 valence electrons. The Kier molecular flexibility index (Phi) is 3.39. The molecule has 1 atom stereocenters. The minimum atomic E-state index is 0.370. The van der Waals surface area contributed by atoms with Crippen LogP contribution in [0.1, 0.15) is 32.1 Å². The molecule has 0 unspecified atom stereocenters. The second kappa shape index (κ2) is 5.23. The maximum Gasteiger partial charge on any atom is 0.138 e. The zero-order valence-corrected chi connectivity index (χ0v) is 12.6. The van der Waals surface area contributed by atoms with Crippen LogP contribution in [0.4, 0.5) is 0 Å². The standard InChI is InChI=1S/C16H22N2OS/c1-2-5-13(4-1)18-11-16(12-18)8-15(10-20-16)19-14-6-3-7-17-9-14/h3,6-7,9,13,15H,1-2,4-5,8,10-12H2/t15-/m0/s1. The van der Waals surface area contributed by atoms with Crippen molar-refractivity contribution in [1.82, 2.24) is 9.88 Å². The Morgan fingerprint density at radius 1 is 1.30 bits per heavy atom. The molecule has 1 spiro atoms. The van der Waals surface area contributed by atoms with E-state index in [4.69, 9.17) is 4.74 Å². The van der Waals surface area contributed by atoms with E-state index in [0.717, 1.165) is 17.5 Å². The first-order chi connectivity index (χ1) is 9.83. The monoisotopic (exact) mass is 290 g/mol. The lowest BCUT2D eigenvalue weighted by Gasteiger charge is -2.50. The van der Waals surface area contributed by atoms with Crippen molar-refractivity contribution in [2.24, 2.45) is 0 Å². The Bertz CT molecular complexity index is 455. The second-order valence-electron chi connectivity index (χ2n) is 6.47. The number of hydrogen-bond acceptors (Lipinski definition) is 4. The number of thioether (sulfide) groups is 1. The van der Waals surface area contributed by atoms with Gasteiger partial charge < -0.3 is 4.74 Å². The second-order valence-corrected chi connectivity index (χ2v) is 7.96. The minimum absolute atomic E-state index is 0.370. The van der Waals surface area contributed by atoms with Crippen molar-refractivity contribution in [3.05, 3.63) is 24.5 Å². The van der Waals surface area contributed by atoms with Gasteiger partial charge in [0.25, 0.3) is 0 Å². The predicted molar refractivity (Wildman–Crippen MR) is 82.3 cm³/mol. The fourth-order valence-electron chi connectivity index (χ4n) is 3.93. The molecule has 4 rings (SSSR count). The summed E-state index contributed by atoms with van der Waals surface area (Å²) in [5.41, 5.74) is 0. The molecule has 0 amide bonds. The van der Waals surface area contributed by atoms with Gasteiger partial charge in [-0.25, -0.2) is 0 Å². The lowest BCUT2D eigenvalue weighted by atomic mass is 9.91. The number of ether oxygens (including phenoxy) is 1. The van der Waals surface area contributed by atoms with Crippen LogP contribution in [-0.2, 0) is 0 Å². The van der Waals surface area contributed by atoms with Gasteiger partial charge in [-0.15, -0.1) is 11.8 Å². The van der Waals surface area contributed by atoms with Gasteiger partial charge in [0.15, 0.2) is 0 Å². The average molecular weight is 290 g/mol. The van der Waals surface area contributed by atoms with Crippen molar-refractivity contribution in [3.63, 3.8) is 0 Å². The fourth-order valence-corrected chi connectivity index (χ4v) is 5.47. The first-order valence-corrected chi connectivity index (χ1v) is 8.76. The summed E-state index contributed by atoms with van der Waals surface area (Å²) in [7, 11) is 0. The first-order valence-electron chi connectivity index (χ1n) is 7.78. The number of rotatable bonds is 3. The summed E-state index contributed by atoms with van der Waals surface area (Å²) in [4.78, 5) is 6.84. The highest BCUT2D eigenvalue weighted by molar-refractivity contribution is 8.01. The molecule has 0 bridgehead atoms. The van der Waals surface area contributed by atoms with E-state index in [9.17, 15) is 0 Å². The molecule has 0 radical (unpaired) electrons. The van der Waals surface area contributed by atoms with Crippen molar-refractivity contribution >= 4 is 11.8 Å². The summed E-state index contributed by atoms with van der Waals surface area (Å²) in [6, 6.07) is 4.84. The molecule has 1 saturated carbocycles. The minimum Gasteiger partial charge on any atom is -0.488 e. The smallest absolute Gasteiger partial charge is 0.138 e. The third-order valence-corrected chi connectivity index (χ3v) is 6.51. The van der Waals surface area contributed by atoms with Crippen molar-refractivity contribution in [2.45, 2.75) is 49.0 Å². The van der Waals surface area contributed by atoms with Crippen LogP contribution in [0.25, 0.3) is 0 Å². The van der Waals surface area contributed by atoms with Gasteiger partial charge in [0.2, 0.25) is 0 Å². The van der Waals surface area contributed by atoms with Gasteiger partial charge in [0, 0.05) is 42.2 Å². The highest BCUT2D eigenvalue weighted by Gasteiger charge is 2.51. The molecule has 2 saturated heterocycles. The van der Waals surface area contributed by atoms with Crippen LogP contribution < -0.4 is 4.74 Å². The molecule has 3 fully saturated rings. The molecule has 4 heteroatoms. The fraction of sp³-hybridized carbons (Fsp3) is 0.688. The van der Waals surface area contributed by atoms with Gasteiger partial charge in [-0.3, -0.25) is 9.88 Å². The van der Waals surface area contributed by atoms with E-state index < -0.39 is 0 Å².